The van der Waals surface area contributed by atoms with Gasteiger partial charge in [0, 0.05) is 17.7 Å². The van der Waals surface area contributed by atoms with Crippen LogP contribution in [-0.4, -0.2) is 24.5 Å². The van der Waals surface area contributed by atoms with Crippen molar-refractivity contribution >= 4 is 23.5 Å². The molecule has 3 N–H and O–H groups in total. The molecule has 3 aliphatic rings. The Bertz CT molecular complexity index is 1180. The number of fused-ring (bicyclic) bond motifs is 3. The molecule has 1 amide bonds. The second kappa shape index (κ2) is 7.02. The van der Waals surface area contributed by atoms with E-state index in [1.807, 2.05) is 18.2 Å². The Morgan fingerprint density at radius 1 is 1.10 bits per heavy atom. The van der Waals surface area contributed by atoms with E-state index in [-0.39, 0.29) is 42.4 Å². The van der Waals surface area contributed by atoms with Crippen LogP contribution < -0.4 is 11.1 Å². The first-order valence-corrected chi connectivity index (χ1v) is 9.74. The van der Waals surface area contributed by atoms with Crippen molar-refractivity contribution in [2.75, 3.05) is 11.9 Å². The maximum absolute atomic E-state index is 13.4. The summed E-state index contributed by atoms with van der Waals surface area (Å²) in [7, 11) is 0. The molecule has 156 valence electrons. The molecule has 0 unspecified atom stereocenters. The van der Waals surface area contributed by atoms with Gasteiger partial charge in [0.05, 0.1) is 6.61 Å². The number of carbonyl (C=O) groups is 3. The zero-order valence-corrected chi connectivity index (χ0v) is 16.3. The van der Waals surface area contributed by atoms with Gasteiger partial charge in [-0.1, -0.05) is 48.5 Å². The van der Waals surface area contributed by atoms with Crippen LogP contribution in [0.4, 0.5) is 5.69 Å². The first kappa shape index (κ1) is 18.9. The van der Waals surface area contributed by atoms with Crippen LogP contribution in [0.25, 0.3) is 0 Å². The average molecular weight is 418 g/mol. The average Bonchev–Trinajstić information content (AvgIpc) is 3.05. The zero-order chi connectivity index (χ0) is 21.6. The van der Waals surface area contributed by atoms with Gasteiger partial charge in [0.2, 0.25) is 11.8 Å². The van der Waals surface area contributed by atoms with E-state index in [0.29, 0.717) is 11.3 Å². The van der Waals surface area contributed by atoms with E-state index in [2.05, 4.69) is 5.32 Å². The molecule has 0 fully saturated rings. The van der Waals surface area contributed by atoms with E-state index >= 15 is 0 Å². The molecule has 0 aromatic heterocycles. The smallest absolute Gasteiger partial charge is 0.341 e. The number of hydrogen-bond donors (Lipinski definition) is 2. The number of carbonyl (C=O) groups excluding carboxylic acids is 3. The third-order valence-corrected chi connectivity index (χ3v) is 5.61. The second-order valence-electron chi connectivity index (χ2n) is 7.34. The Morgan fingerprint density at radius 3 is 2.65 bits per heavy atom. The van der Waals surface area contributed by atoms with Gasteiger partial charge in [0.25, 0.3) is 0 Å². The zero-order valence-electron chi connectivity index (χ0n) is 16.3. The van der Waals surface area contributed by atoms with Gasteiger partial charge in [-0.3, -0.25) is 4.79 Å². The van der Waals surface area contributed by atoms with Crippen molar-refractivity contribution < 1.29 is 28.6 Å². The van der Waals surface area contributed by atoms with Crippen LogP contribution in [0.2, 0.25) is 0 Å². The van der Waals surface area contributed by atoms with Crippen molar-refractivity contribution in [3.05, 3.63) is 88.5 Å². The minimum absolute atomic E-state index is 0.0356. The van der Waals surface area contributed by atoms with E-state index < -0.39 is 23.3 Å². The van der Waals surface area contributed by atoms with Crippen LogP contribution in [0.5, 0.6) is 0 Å². The summed E-state index contributed by atoms with van der Waals surface area (Å²) >= 11 is 0. The normalized spacial score (nSPS) is 21.8. The molecule has 3 heterocycles. The van der Waals surface area contributed by atoms with Gasteiger partial charge in [-0.25, -0.2) is 9.59 Å². The minimum Gasteiger partial charge on any atom is -0.462 e. The Hall–Kier alpha value is -4.07. The molecule has 31 heavy (non-hydrogen) atoms. The van der Waals surface area contributed by atoms with Gasteiger partial charge in [-0.2, -0.15) is 0 Å². The predicted octanol–water partition coefficient (Wildman–Crippen LogP) is 2.02. The lowest BCUT2D eigenvalue weighted by atomic mass is 9.67. The number of rotatable bonds is 3. The molecule has 0 aliphatic carbocycles. The summed E-state index contributed by atoms with van der Waals surface area (Å²) in [6.45, 7) is 0.0598. The molecule has 0 radical (unpaired) electrons. The number of benzene rings is 2. The summed E-state index contributed by atoms with van der Waals surface area (Å²) in [6.07, 6.45) is 0.241. The highest BCUT2D eigenvalue weighted by molar-refractivity contribution is 6.21. The van der Waals surface area contributed by atoms with Crippen molar-refractivity contribution in [1.29, 1.82) is 0 Å². The molecule has 1 atom stereocenters. The van der Waals surface area contributed by atoms with Gasteiger partial charge in [-0.05, 0) is 11.6 Å². The molecule has 0 saturated heterocycles. The third kappa shape index (κ3) is 2.72. The lowest BCUT2D eigenvalue weighted by molar-refractivity contribution is -0.145. The van der Waals surface area contributed by atoms with Crippen molar-refractivity contribution in [2.24, 2.45) is 5.73 Å². The third-order valence-electron chi connectivity index (χ3n) is 5.61. The highest BCUT2D eigenvalue weighted by atomic mass is 16.6. The van der Waals surface area contributed by atoms with E-state index in [4.69, 9.17) is 19.9 Å². The summed E-state index contributed by atoms with van der Waals surface area (Å²) in [4.78, 5) is 39.6. The maximum Gasteiger partial charge on any atom is 0.341 e. The number of para-hydroxylation sites is 1. The Labute approximate surface area is 177 Å². The van der Waals surface area contributed by atoms with Crippen LogP contribution in [0.1, 0.15) is 17.5 Å². The SMILES string of the molecule is NC1=C(C(=O)OCc2ccccc2)[C@@]2(C(=O)Nc3ccccc32)C2=C(CCOC2=O)O1. The standard InChI is InChI=1S/C23H18N2O6/c24-19-18(21(27)30-12-13-6-2-1-3-7-13)23(17-16(31-19)10-11-29-20(17)26)14-8-4-5-9-15(14)25-22(23)28/h1-9H,10-12,24H2,(H,25,28)/t23-/m0/s1. The van der Waals surface area contributed by atoms with Gasteiger partial charge in [0.15, 0.2) is 0 Å². The predicted molar refractivity (Wildman–Crippen MR) is 108 cm³/mol. The first-order chi connectivity index (χ1) is 15.0. The van der Waals surface area contributed by atoms with Crippen molar-refractivity contribution in [3.63, 3.8) is 0 Å². The van der Waals surface area contributed by atoms with Crippen molar-refractivity contribution in [2.45, 2.75) is 18.4 Å². The molecular formula is C23H18N2O6. The Morgan fingerprint density at radius 2 is 1.84 bits per heavy atom. The highest BCUT2D eigenvalue weighted by Crippen LogP contribution is 2.53. The van der Waals surface area contributed by atoms with Crippen LogP contribution in [-0.2, 0) is 40.6 Å². The molecule has 8 nitrogen and oxygen atoms in total. The number of cyclic esters (lactones) is 1. The number of amides is 1. The fourth-order valence-electron chi connectivity index (χ4n) is 4.31. The second-order valence-corrected chi connectivity index (χ2v) is 7.34. The van der Waals surface area contributed by atoms with Crippen molar-refractivity contribution in [3.8, 4) is 0 Å². The topological polar surface area (TPSA) is 117 Å². The maximum atomic E-state index is 13.4. The van der Waals surface area contributed by atoms with E-state index in [1.165, 1.54) is 0 Å². The number of esters is 2. The van der Waals surface area contributed by atoms with Gasteiger partial charge in [0.1, 0.15) is 28.9 Å². The van der Waals surface area contributed by atoms with E-state index in [1.54, 1.807) is 36.4 Å². The molecule has 5 rings (SSSR count). The fourth-order valence-corrected chi connectivity index (χ4v) is 4.31. The molecule has 0 saturated carbocycles. The lowest BCUT2D eigenvalue weighted by Crippen LogP contribution is -2.49. The van der Waals surface area contributed by atoms with Crippen molar-refractivity contribution in [1.82, 2.24) is 0 Å². The van der Waals surface area contributed by atoms with Crippen LogP contribution >= 0.6 is 0 Å². The Balaban J connectivity index is 1.66. The van der Waals surface area contributed by atoms with Crippen LogP contribution in [0.3, 0.4) is 0 Å². The first-order valence-electron chi connectivity index (χ1n) is 9.74. The number of nitrogens with one attached hydrogen (secondary N) is 1. The minimum atomic E-state index is -1.81. The molecule has 3 aliphatic heterocycles. The molecule has 0 bridgehead atoms. The number of hydrogen-bond acceptors (Lipinski definition) is 7. The highest BCUT2D eigenvalue weighted by Gasteiger charge is 2.62. The fraction of sp³-hybridized carbons (Fsp3) is 0.174. The summed E-state index contributed by atoms with van der Waals surface area (Å²) in [6, 6.07) is 15.9. The number of anilines is 1. The molecule has 8 heteroatoms. The number of nitrogens with two attached hydrogens (primary N) is 1. The van der Waals surface area contributed by atoms with Gasteiger partial charge >= 0.3 is 11.9 Å². The Kier molecular flexibility index (Phi) is 4.28. The molecule has 1 spiro atoms. The van der Waals surface area contributed by atoms with E-state index in [0.717, 1.165) is 5.56 Å². The van der Waals surface area contributed by atoms with Gasteiger partial charge in [-0.15, -0.1) is 0 Å². The molecule has 2 aromatic carbocycles. The monoisotopic (exact) mass is 418 g/mol. The van der Waals surface area contributed by atoms with E-state index in [9.17, 15) is 14.4 Å². The summed E-state index contributed by atoms with van der Waals surface area (Å²) in [5, 5.41) is 2.76. The molecular weight excluding hydrogens is 400 g/mol. The largest absolute Gasteiger partial charge is 0.462 e. The molecule has 2 aromatic rings. The van der Waals surface area contributed by atoms with Crippen LogP contribution in [0.15, 0.2) is 77.4 Å². The quantitative estimate of drug-likeness (QED) is 0.733. The summed E-state index contributed by atoms with van der Waals surface area (Å²) < 4.78 is 16.4. The summed E-state index contributed by atoms with van der Waals surface area (Å²) in [5.41, 5.74) is 5.74. The lowest BCUT2D eigenvalue weighted by Gasteiger charge is -2.37. The van der Waals surface area contributed by atoms with Crippen LogP contribution in [0, 0.1) is 0 Å². The van der Waals surface area contributed by atoms with Gasteiger partial charge < -0.3 is 25.3 Å². The summed E-state index contributed by atoms with van der Waals surface area (Å²) in [5.74, 6) is -2.20. The number of ether oxygens (including phenoxy) is 3.